The third-order valence-electron chi connectivity index (χ3n) is 6.49. The SMILES string of the molecule is CC(=O)C[C@@H](C)COC1CCC(Oc2nc3c(C4CC4)cc(OCC(F)F)cc3n2C)CC1. The lowest BCUT2D eigenvalue weighted by Crippen LogP contribution is -2.30. The molecule has 0 saturated heterocycles. The third-order valence-corrected chi connectivity index (χ3v) is 6.49. The molecular formula is C25H34F2N2O4. The van der Waals surface area contributed by atoms with Crippen LogP contribution in [-0.4, -0.2) is 47.2 Å². The van der Waals surface area contributed by atoms with E-state index in [1.165, 1.54) is 0 Å². The van der Waals surface area contributed by atoms with Gasteiger partial charge in [0, 0.05) is 26.1 Å². The van der Waals surface area contributed by atoms with Crippen LogP contribution in [-0.2, 0) is 16.6 Å². The summed E-state index contributed by atoms with van der Waals surface area (Å²) < 4.78 is 44.8. The summed E-state index contributed by atoms with van der Waals surface area (Å²) >= 11 is 0. The zero-order chi connectivity index (χ0) is 23.5. The Morgan fingerprint density at radius 2 is 1.82 bits per heavy atom. The molecule has 0 aliphatic heterocycles. The van der Waals surface area contributed by atoms with Gasteiger partial charge < -0.3 is 19.0 Å². The van der Waals surface area contributed by atoms with Crippen molar-refractivity contribution < 1.29 is 27.8 Å². The predicted molar refractivity (Wildman–Crippen MR) is 121 cm³/mol. The number of rotatable bonds is 11. The van der Waals surface area contributed by atoms with Gasteiger partial charge >= 0.3 is 0 Å². The van der Waals surface area contributed by atoms with Crippen molar-refractivity contribution in [2.75, 3.05) is 13.2 Å². The highest BCUT2D eigenvalue weighted by Gasteiger charge is 2.30. The second-order valence-corrected chi connectivity index (χ2v) is 9.67. The van der Waals surface area contributed by atoms with Crippen molar-refractivity contribution in [3.8, 4) is 11.8 Å². The fourth-order valence-corrected chi connectivity index (χ4v) is 4.63. The monoisotopic (exact) mass is 464 g/mol. The van der Waals surface area contributed by atoms with Gasteiger partial charge in [-0.3, -0.25) is 4.57 Å². The Hall–Kier alpha value is -2.22. The largest absolute Gasteiger partial charge is 0.488 e. The fourth-order valence-electron chi connectivity index (χ4n) is 4.63. The molecule has 6 nitrogen and oxygen atoms in total. The average molecular weight is 465 g/mol. The number of nitrogens with zero attached hydrogens (tertiary/aromatic N) is 2. The van der Waals surface area contributed by atoms with E-state index in [0.717, 1.165) is 55.1 Å². The highest BCUT2D eigenvalue weighted by atomic mass is 19.3. The molecule has 0 bridgehead atoms. The van der Waals surface area contributed by atoms with Gasteiger partial charge in [0.25, 0.3) is 12.4 Å². The lowest BCUT2D eigenvalue weighted by atomic mass is 9.95. The molecule has 182 valence electrons. The molecule has 0 N–H and O–H groups in total. The number of carbonyl (C=O) groups excluding carboxylic acids is 1. The quantitative estimate of drug-likeness (QED) is 0.445. The van der Waals surface area contributed by atoms with Crippen LogP contribution in [0.15, 0.2) is 12.1 Å². The summed E-state index contributed by atoms with van der Waals surface area (Å²) in [5, 5.41) is 0. The van der Waals surface area contributed by atoms with Gasteiger partial charge in [0.1, 0.15) is 24.2 Å². The molecule has 2 saturated carbocycles. The second kappa shape index (κ2) is 10.4. The number of hydrogen-bond donors (Lipinski definition) is 0. The Labute approximate surface area is 193 Å². The summed E-state index contributed by atoms with van der Waals surface area (Å²) in [5.41, 5.74) is 2.77. The number of fused-ring (bicyclic) bond motifs is 1. The average Bonchev–Trinajstić information content (AvgIpc) is 3.57. The van der Waals surface area contributed by atoms with Crippen LogP contribution >= 0.6 is 0 Å². The molecule has 0 unspecified atom stereocenters. The molecule has 0 spiro atoms. The normalized spacial score (nSPS) is 22.0. The first-order valence-corrected chi connectivity index (χ1v) is 12.0. The first-order chi connectivity index (χ1) is 15.8. The number of halogens is 2. The zero-order valence-corrected chi connectivity index (χ0v) is 19.7. The molecule has 2 aromatic rings. The van der Waals surface area contributed by atoms with Crippen molar-refractivity contribution in [1.82, 2.24) is 9.55 Å². The number of carbonyl (C=O) groups is 1. The maximum Gasteiger partial charge on any atom is 0.297 e. The molecule has 8 heteroatoms. The number of Topliss-reactive ketones (excluding diaryl/α,β-unsaturated/α-hetero) is 1. The maximum absolute atomic E-state index is 12.6. The highest BCUT2D eigenvalue weighted by molar-refractivity contribution is 5.83. The Morgan fingerprint density at radius 1 is 1.12 bits per heavy atom. The van der Waals surface area contributed by atoms with Gasteiger partial charge in [-0.25, -0.2) is 8.78 Å². The van der Waals surface area contributed by atoms with Gasteiger partial charge in [-0.05, 0) is 68.9 Å². The molecule has 0 amide bonds. The lowest BCUT2D eigenvalue weighted by Gasteiger charge is -2.29. The van der Waals surface area contributed by atoms with Gasteiger partial charge in [0.05, 0.1) is 17.1 Å². The van der Waals surface area contributed by atoms with E-state index < -0.39 is 13.0 Å². The van der Waals surface area contributed by atoms with Gasteiger partial charge in [0.2, 0.25) is 0 Å². The van der Waals surface area contributed by atoms with Crippen molar-refractivity contribution in [2.45, 2.75) is 83.3 Å². The zero-order valence-electron chi connectivity index (χ0n) is 19.7. The van der Waals surface area contributed by atoms with E-state index in [9.17, 15) is 13.6 Å². The molecule has 4 rings (SSSR count). The Kier molecular flexibility index (Phi) is 7.51. The third kappa shape index (κ3) is 6.22. The van der Waals surface area contributed by atoms with E-state index in [2.05, 4.69) is 0 Å². The van der Waals surface area contributed by atoms with Crippen molar-refractivity contribution in [3.63, 3.8) is 0 Å². The van der Waals surface area contributed by atoms with Crippen LogP contribution in [0.4, 0.5) is 8.78 Å². The number of aryl methyl sites for hydroxylation is 1. The minimum atomic E-state index is -2.51. The molecule has 1 heterocycles. The van der Waals surface area contributed by atoms with E-state index in [-0.39, 0.29) is 23.9 Å². The van der Waals surface area contributed by atoms with E-state index >= 15 is 0 Å². The maximum atomic E-state index is 12.6. The number of imidazole rings is 1. The molecule has 0 radical (unpaired) electrons. The van der Waals surface area contributed by atoms with Crippen molar-refractivity contribution in [1.29, 1.82) is 0 Å². The van der Waals surface area contributed by atoms with Crippen molar-refractivity contribution in [3.05, 3.63) is 17.7 Å². The summed E-state index contributed by atoms with van der Waals surface area (Å²) in [5.74, 6) is 1.30. The number of ketones is 1. The van der Waals surface area contributed by atoms with Gasteiger partial charge in [-0.1, -0.05) is 6.92 Å². The summed E-state index contributed by atoms with van der Waals surface area (Å²) in [6.45, 7) is 3.66. The predicted octanol–water partition coefficient (Wildman–Crippen LogP) is 5.42. The summed E-state index contributed by atoms with van der Waals surface area (Å²) in [6, 6.07) is 4.18. The first-order valence-electron chi connectivity index (χ1n) is 12.0. The van der Waals surface area contributed by atoms with Crippen LogP contribution in [0.2, 0.25) is 0 Å². The van der Waals surface area contributed by atoms with Crippen LogP contribution in [0, 0.1) is 5.92 Å². The van der Waals surface area contributed by atoms with E-state index in [1.54, 1.807) is 13.0 Å². The van der Waals surface area contributed by atoms with Crippen molar-refractivity contribution >= 4 is 16.8 Å². The molecule has 1 aromatic carbocycles. The number of alkyl halides is 2. The Balaban J connectivity index is 1.38. The van der Waals surface area contributed by atoms with Crippen LogP contribution < -0.4 is 9.47 Å². The smallest absolute Gasteiger partial charge is 0.297 e. The van der Waals surface area contributed by atoms with Crippen LogP contribution in [0.25, 0.3) is 11.0 Å². The van der Waals surface area contributed by atoms with Gasteiger partial charge in [-0.15, -0.1) is 0 Å². The van der Waals surface area contributed by atoms with Gasteiger partial charge in [0.15, 0.2) is 0 Å². The molecule has 2 aliphatic rings. The lowest BCUT2D eigenvalue weighted by molar-refractivity contribution is -0.118. The number of aromatic nitrogens is 2. The first kappa shape index (κ1) is 23.9. The number of ether oxygens (including phenoxy) is 3. The molecule has 1 aromatic heterocycles. The Bertz CT molecular complexity index is 965. The van der Waals surface area contributed by atoms with E-state index in [4.69, 9.17) is 19.2 Å². The van der Waals surface area contributed by atoms with Crippen LogP contribution in [0.3, 0.4) is 0 Å². The topological polar surface area (TPSA) is 62.6 Å². The number of benzene rings is 1. The van der Waals surface area contributed by atoms with Crippen LogP contribution in [0.5, 0.6) is 11.8 Å². The van der Waals surface area contributed by atoms with Crippen LogP contribution in [0.1, 0.15) is 70.3 Å². The standard InChI is InChI=1S/C25H34F2N2O4/c1-15(10-16(2)30)13-31-18-6-8-19(9-7-18)33-25-28-24-21(17-4-5-17)11-20(32-14-23(26)27)12-22(24)29(25)3/h11-12,15,17-19,23H,4-10,13-14H2,1-3H3/t15-,18?,19?/m1/s1. The minimum absolute atomic E-state index is 0.0638. The van der Waals surface area contributed by atoms with E-state index in [1.807, 2.05) is 24.6 Å². The van der Waals surface area contributed by atoms with E-state index in [0.29, 0.717) is 30.7 Å². The van der Waals surface area contributed by atoms with Crippen molar-refractivity contribution in [2.24, 2.45) is 13.0 Å². The fraction of sp³-hybridized carbons (Fsp3) is 0.680. The van der Waals surface area contributed by atoms with Gasteiger partial charge in [-0.2, -0.15) is 4.98 Å². The summed E-state index contributed by atoms with van der Waals surface area (Å²) in [6.07, 6.45) is 4.07. The minimum Gasteiger partial charge on any atom is -0.488 e. The second-order valence-electron chi connectivity index (χ2n) is 9.67. The molecule has 33 heavy (non-hydrogen) atoms. The molecule has 2 aliphatic carbocycles. The molecule has 2 fully saturated rings. The Morgan fingerprint density at radius 3 is 2.45 bits per heavy atom. The molecular weight excluding hydrogens is 430 g/mol. The molecule has 1 atom stereocenters. The highest BCUT2D eigenvalue weighted by Crippen LogP contribution is 2.45. The summed E-state index contributed by atoms with van der Waals surface area (Å²) in [4.78, 5) is 16.0. The summed E-state index contributed by atoms with van der Waals surface area (Å²) in [7, 11) is 1.89. The number of hydrogen-bond acceptors (Lipinski definition) is 5.